The molecule has 2 aromatic carbocycles. The van der Waals surface area contributed by atoms with Crippen molar-refractivity contribution < 1.29 is 4.74 Å². The first kappa shape index (κ1) is 14.1. The largest absolute Gasteiger partial charge is 0.488 e. The number of nitrogens with zero attached hydrogens (tertiary/aromatic N) is 2. The third-order valence-corrected chi connectivity index (χ3v) is 2.82. The van der Waals surface area contributed by atoms with Crippen LogP contribution >= 0.6 is 0 Å². The topological polar surface area (TPSA) is 24.8 Å². The summed E-state index contributed by atoms with van der Waals surface area (Å²) in [6.07, 6.45) is 1.81. The van der Waals surface area contributed by atoms with Crippen LogP contribution in [0, 0.1) is 6.92 Å². The number of para-hydroxylation sites is 1. The van der Waals surface area contributed by atoms with Crippen LogP contribution in [0.5, 0.6) is 5.75 Å². The first-order chi connectivity index (χ1) is 9.65. The van der Waals surface area contributed by atoms with Gasteiger partial charge < -0.3 is 9.75 Å². The summed E-state index contributed by atoms with van der Waals surface area (Å²) in [4.78, 5) is 0. The van der Waals surface area contributed by atoms with Gasteiger partial charge in [-0.1, -0.05) is 42.0 Å². The zero-order valence-electron chi connectivity index (χ0n) is 12.2. The molecule has 0 fully saturated rings. The van der Waals surface area contributed by atoms with Crippen molar-refractivity contribution in [2.45, 2.75) is 13.5 Å². The molecule has 104 valence electrons. The Morgan fingerprint density at radius 2 is 1.90 bits per heavy atom. The smallest absolute Gasteiger partial charge is 0.128 e. The van der Waals surface area contributed by atoms with E-state index >= 15 is 0 Å². The van der Waals surface area contributed by atoms with E-state index in [1.807, 2.05) is 50.6 Å². The highest BCUT2D eigenvalue weighted by Gasteiger charge is 2.01. The highest BCUT2D eigenvalue weighted by Crippen LogP contribution is 2.18. The Kier molecular flexibility index (Phi) is 4.77. The summed E-state index contributed by atoms with van der Waals surface area (Å²) in [5, 5.41) is 6.01. The molecule has 0 atom stereocenters. The number of hydrogen-bond donors (Lipinski definition) is 0. The normalized spacial score (nSPS) is 10.8. The second-order valence-corrected chi connectivity index (χ2v) is 4.91. The van der Waals surface area contributed by atoms with Crippen molar-refractivity contribution in [3.63, 3.8) is 0 Å². The number of hydrazone groups is 1. The summed E-state index contributed by atoms with van der Waals surface area (Å²) in [5.74, 6) is 0.847. The maximum atomic E-state index is 5.90. The Bertz CT molecular complexity index is 591. The lowest BCUT2D eigenvalue weighted by atomic mass is 10.1. The van der Waals surface area contributed by atoms with E-state index in [0.29, 0.717) is 6.61 Å². The Morgan fingerprint density at radius 3 is 2.65 bits per heavy atom. The third kappa shape index (κ3) is 4.12. The van der Waals surface area contributed by atoms with Gasteiger partial charge in [-0.15, -0.1) is 0 Å². The van der Waals surface area contributed by atoms with Crippen LogP contribution in [0.1, 0.15) is 16.7 Å². The molecule has 0 aliphatic rings. The molecule has 0 spiro atoms. The number of aryl methyl sites for hydroxylation is 1. The fourth-order valence-corrected chi connectivity index (χ4v) is 1.86. The summed E-state index contributed by atoms with van der Waals surface area (Å²) in [6.45, 7) is 2.65. The third-order valence-electron chi connectivity index (χ3n) is 2.82. The van der Waals surface area contributed by atoms with Crippen molar-refractivity contribution in [3.8, 4) is 5.75 Å². The molecule has 2 rings (SSSR count). The van der Waals surface area contributed by atoms with Gasteiger partial charge in [0.1, 0.15) is 12.4 Å². The van der Waals surface area contributed by atoms with Gasteiger partial charge in [-0.3, -0.25) is 0 Å². The molecule has 0 aromatic heterocycles. The van der Waals surface area contributed by atoms with Gasteiger partial charge in [-0.25, -0.2) is 0 Å². The summed E-state index contributed by atoms with van der Waals surface area (Å²) in [6, 6.07) is 16.3. The minimum Gasteiger partial charge on any atom is -0.488 e. The lowest BCUT2D eigenvalue weighted by Crippen LogP contribution is -2.03. The lowest BCUT2D eigenvalue weighted by Gasteiger charge is -2.10. The van der Waals surface area contributed by atoms with Crippen LogP contribution in [0.25, 0.3) is 0 Å². The van der Waals surface area contributed by atoms with Gasteiger partial charge in [-0.2, -0.15) is 5.10 Å². The summed E-state index contributed by atoms with van der Waals surface area (Å²) in [5.41, 5.74) is 3.40. The van der Waals surface area contributed by atoms with E-state index in [-0.39, 0.29) is 0 Å². The molecule has 0 aliphatic heterocycles. The van der Waals surface area contributed by atoms with Gasteiger partial charge >= 0.3 is 0 Å². The van der Waals surface area contributed by atoms with Crippen molar-refractivity contribution in [3.05, 3.63) is 65.2 Å². The summed E-state index contributed by atoms with van der Waals surface area (Å²) >= 11 is 0. The Labute approximate surface area is 120 Å². The van der Waals surface area contributed by atoms with Gasteiger partial charge in [0, 0.05) is 19.7 Å². The summed E-state index contributed by atoms with van der Waals surface area (Å²) < 4.78 is 5.90. The van der Waals surface area contributed by atoms with Crippen LogP contribution in [0.2, 0.25) is 0 Å². The molecule has 0 saturated carbocycles. The maximum absolute atomic E-state index is 5.90. The van der Waals surface area contributed by atoms with Gasteiger partial charge in [0.15, 0.2) is 0 Å². The predicted molar refractivity (Wildman–Crippen MR) is 83.2 cm³/mol. The fraction of sp³-hybridized carbons (Fsp3) is 0.235. The van der Waals surface area contributed by atoms with E-state index in [1.165, 1.54) is 11.1 Å². The van der Waals surface area contributed by atoms with Crippen LogP contribution in [-0.2, 0) is 6.61 Å². The lowest BCUT2D eigenvalue weighted by molar-refractivity contribution is 0.305. The standard InChI is InChI=1S/C17H20N2O/c1-14-7-6-8-15(11-14)13-20-17-10-5-4-9-16(17)12-18-19(2)3/h4-12H,13H2,1-3H3/b18-12+. The number of hydrogen-bond acceptors (Lipinski definition) is 3. The van der Waals surface area contributed by atoms with E-state index in [2.05, 4.69) is 30.2 Å². The molecule has 2 aromatic rings. The van der Waals surface area contributed by atoms with Gasteiger partial charge in [0.05, 0.1) is 6.21 Å². The van der Waals surface area contributed by atoms with E-state index in [1.54, 1.807) is 5.01 Å². The average Bonchev–Trinajstić information content (AvgIpc) is 2.44. The monoisotopic (exact) mass is 268 g/mol. The molecule has 3 nitrogen and oxygen atoms in total. The minimum atomic E-state index is 0.564. The van der Waals surface area contributed by atoms with Crippen LogP contribution in [-0.4, -0.2) is 25.3 Å². The number of ether oxygens (including phenoxy) is 1. The first-order valence-corrected chi connectivity index (χ1v) is 6.64. The molecule has 0 bridgehead atoms. The first-order valence-electron chi connectivity index (χ1n) is 6.64. The van der Waals surface area contributed by atoms with Crippen LogP contribution < -0.4 is 4.74 Å². The van der Waals surface area contributed by atoms with Crippen molar-refractivity contribution in [2.75, 3.05) is 14.1 Å². The Balaban J connectivity index is 2.09. The number of rotatable bonds is 5. The SMILES string of the molecule is Cc1cccc(COc2ccccc2/C=N/N(C)C)c1. The molecule has 0 amide bonds. The van der Waals surface area contributed by atoms with Crippen molar-refractivity contribution >= 4 is 6.21 Å². The second kappa shape index (κ2) is 6.75. The van der Waals surface area contributed by atoms with Gasteiger partial charge in [0.2, 0.25) is 0 Å². The van der Waals surface area contributed by atoms with Crippen molar-refractivity contribution in [1.29, 1.82) is 0 Å². The zero-order valence-corrected chi connectivity index (χ0v) is 12.2. The molecule has 0 unspecified atom stereocenters. The van der Waals surface area contributed by atoms with Crippen LogP contribution in [0.3, 0.4) is 0 Å². The van der Waals surface area contributed by atoms with Crippen molar-refractivity contribution in [2.24, 2.45) is 5.10 Å². The Hall–Kier alpha value is -2.29. The van der Waals surface area contributed by atoms with E-state index in [9.17, 15) is 0 Å². The Morgan fingerprint density at radius 1 is 1.10 bits per heavy atom. The average molecular weight is 268 g/mol. The minimum absolute atomic E-state index is 0.564. The van der Waals surface area contributed by atoms with E-state index in [4.69, 9.17) is 4.74 Å². The highest BCUT2D eigenvalue weighted by molar-refractivity contribution is 5.83. The number of benzene rings is 2. The van der Waals surface area contributed by atoms with Gasteiger partial charge in [-0.05, 0) is 24.6 Å². The zero-order chi connectivity index (χ0) is 14.4. The highest BCUT2D eigenvalue weighted by atomic mass is 16.5. The van der Waals surface area contributed by atoms with Gasteiger partial charge in [0.25, 0.3) is 0 Å². The van der Waals surface area contributed by atoms with Crippen LogP contribution in [0.4, 0.5) is 0 Å². The molecular weight excluding hydrogens is 248 g/mol. The quantitative estimate of drug-likeness (QED) is 0.612. The van der Waals surface area contributed by atoms with Crippen LogP contribution in [0.15, 0.2) is 53.6 Å². The molecule has 0 aliphatic carbocycles. The molecule has 20 heavy (non-hydrogen) atoms. The molecule has 0 saturated heterocycles. The summed E-state index contributed by atoms with van der Waals surface area (Å²) in [7, 11) is 3.79. The predicted octanol–water partition coefficient (Wildman–Crippen LogP) is 3.47. The van der Waals surface area contributed by atoms with E-state index < -0.39 is 0 Å². The molecule has 3 heteroatoms. The fourth-order valence-electron chi connectivity index (χ4n) is 1.86. The molecular formula is C17H20N2O. The molecule has 0 heterocycles. The van der Waals surface area contributed by atoms with Crippen molar-refractivity contribution in [1.82, 2.24) is 5.01 Å². The molecule has 0 radical (unpaired) electrons. The van der Waals surface area contributed by atoms with E-state index in [0.717, 1.165) is 11.3 Å². The second-order valence-electron chi connectivity index (χ2n) is 4.91. The molecule has 0 N–H and O–H groups in total. The maximum Gasteiger partial charge on any atom is 0.128 e.